The van der Waals surface area contributed by atoms with E-state index in [4.69, 9.17) is 0 Å². The molecule has 1 fully saturated rings. The third-order valence-corrected chi connectivity index (χ3v) is 3.54. The summed E-state index contributed by atoms with van der Waals surface area (Å²) < 4.78 is 26.8. The molecule has 1 N–H and O–H groups in total. The molecule has 0 saturated carbocycles. The Balaban J connectivity index is 1.95. The molecule has 4 heteroatoms. The predicted molar refractivity (Wildman–Crippen MR) is 76.9 cm³/mol. The Morgan fingerprint density at radius 2 is 1.50 bits per heavy atom. The van der Waals surface area contributed by atoms with Crippen molar-refractivity contribution in [2.24, 2.45) is 0 Å². The summed E-state index contributed by atoms with van der Waals surface area (Å²) >= 11 is 0. The third kappa shape index (κ3) is 2.80. The standard InChI is InChI=1S/C16H16F2N2/c17-14-3-1-12(2-4-14)13-9-15(18)11-16(10-13)20-7-5-19-6-8-20/h1-4,9-11,19H,5-8H2. The Bertz CT molecular complexity index is 590. The van der Waals surface area contributed by atoms with Gasteiger partial charge in [-0.1, -0.05) is 12.1 Å². The average Bonchev–Trinajstić information content (AvgIpc) is 2.48. The quantitative estimate of drug-likeness (QED) is 0.905. The van der Waals surface area contributed by atoms with Crippen LogP contribution in [0.5, 0.6) is 0 Å². The lowest BCUT2D eigenvalue weighted by molar-refractivity contribution is 0.585. The molecule has 0 atom stereocenters. The fourth-order valence-electron chi connectivity index (χ4n) is 2.49. The zero-order valence-electron chi connectivity index (χ0n) is 11.1. The Morgan fingerprint density at radius 1 is 0.800 bits per heavy atom. The molecule has 0 radical (unpaired) electrons. The van der Waals surface area contributed by atoms with Crippen molar-refractivity contribution in [1.29, 1.82) is 0 Å². The summed E-state index contributed by atoms with van der Waals surface area (Å²) in [5.74, 6) is -0.548. The lowest BCUT2D eigenvalue weighted by Crippen LogP contribution is -2.43. The molecule has 20 heavy (non-hydrogen) atoms. The minimum absolute atomic E-state index is 0.264. The summed E-state index contributed by atoms with van der Waals surface area (Å²) in [5, 5.41) is 3.27. The van der Waals surface area contributed by atoms with E-state index < -0.39 is 0 Å². The number of benzene rings is 2. The van der Waals surface area contributed by atoms with Crippen molar-refractivity contribution in [3.8, 4) is 11.1 Å². The number of piperazine rings is 1. The van der Waals surface area contributed by atoms with Gasteiger partial charge in [0.15, 0.2) is 0 Å². The zero-order valence-corrected chi connectivity index (χ0v) is 11.1. The lowest BCUT2D eigenvalue weighted by atomic mass is 10.0. The molecule has 104 valence electrons. The molecule has 1 aliphatic heterocycles. The molecule has 0 unspecified atom stereocenters. The van der Waals surface area contributed by atoms with Gasteiger partial charge in [0.05, 0.1) is 0 Å². The SMILES string of the molecule is Fc1ccc(-c2cc(F)cc(N3CCNCC3)c2)cc1. The van der Waals surface area contributed by atoms with Gasteiger partial charge in [-0.05, 0) is 41.5 Å². The molecule has 0 spiro atoms. The van der Waals surface area contributed by atoms with Crippen LogP contribution < -0.4 is 10.2 Å². The van der Waals surface area contributed by atoms with E-state index in [-0.39, 0.29) is 11.6 Å². The van der Waals surface area contributed by atoms with Gasteiger partial charge >= 0.3 is 0 Å². The molecule has 2 nitrogen and oxygen atoms in total. The van der Waals surface area contributed by atoms with Gasteiger partial charge < -0.3 is 10.2 Å². The van der Waals surface area contributed by atoms with Crippen LogP contribution in [-0.4, -0.2) is 26.2 Å². The van der Waals surface area contributed by atoms with E-state index in [1.54, 1.807) is 18.2 Å². The molecular weight excluding hydrogens is 258 g/mol. The van der Waals surface area contributed by atoms with E-state index in [1.807, 2.05) is 6.07 Å². The summed E-state index contributed by atoms with van der Waals surface area (Å²) in [7, 11) is 0. The second-order valence-corrected chi connectivity index (χ2v) is 4.94. The Labute approximate surface area is 117 Å². The Morgan fingerprint density at radius 3 is 2.20 bits per heavy atom. The summed E-state index contributed by atoms with van der Waals surface area (Å²) in [6.45, 7) is 3.55. The normalized spacial score (nSPS) is 15.4. The molecule has 0 aromatic heterocycles. The van der Waals surface area contributed by atoms with Gasteiger partial charge in [0, 0.05) is 31.9 Å². The smallest absolute Gasteiger partial charge is 0.125 e. The van der Waals surface area contributed by atoms with Crippen molar-refractivity contribution >= 4 is 5.69 Å². The molecule has 1 heterocycles. The molecular formula is C16H16F2N2. The Kier molecular flexibility index (Phi) is 3.65. The molecule has 0 bridgehead atoms. The molecule has 0 aliphatic carbocycles. The van der Waals surface area contributed by atoms with Crippen LogP contribution >= 0.6 is 0 Å². The van der Waals surface area contributed by atoms with E-state index in [2.05, 4.69) is 10.2 Å². The first-order chi connectivity index (χ1) is 9.72. The van der Waals surface area contributed by atoms with Crippen LogP contribution in [-0.2, 0) is 0 Å². The topological polar surface area (TPSA) is 15.3 Å². The number of nitrogens with zero attached hydrogens (tertiary/aromatic N) is 1. The summed E-state index contributed by atoms with van der Waals surface area (Å²) in [6.07, 6.45) is 0. The van der Waals surface area contributed by atoms with Crippen LogP contribution in [0, 0.1) is 11.6 Å². The van der Waals surface area contributed by atoms with Crippen molar-refractivity contribution in [1.82, 2.24) is 5.32 Å². The first-order valence-electron chi connectivity index (χ1n) is 6.74. The van der Waals surface area contributed by atoms with Crippen LogP contribution in [0.15, 0.2) is 42.5 Å². The summed E-state index contributed by atoms with van der Waals surface area (Å²) in [4.78, 5) is 2.16. The molecule has 1 aliphatic rings. The highest BCUT2D eigenvalue weighted by molar-refractivity contribution is 5.68. The fraction of sp³-hybridized carbons (Fsp3) is 0.250. The number of hydrogen-bond donors (Lipinski definition) is 1. The molecule has 2 aromatic rings. The first kappa shape index (κ1) is 13.1. The van der Waals surface area contributed by atoms with E-state index in [0.29, 0.717) is 0 Å². The van der Waals surface area contributed by atoms with E-state index in [0.717, 1.165) is 43.0 Å². The largest absolute Gasteiger partial charge is 0.369 e. The van der Waals surface area contributed by atoms with E-state index >= 15 is 0 Å². The highest BCUT2D eigenvalue weighted by Crippen LogP contribution is 2.27. The van der Waals surface area contributed by atoms with Crippen molar-refractivity contribution in [2.45, 2.75) is 0 Å². The van der Waals surface area contributed by atoms with Crippen LogP contribution in [0.25, 0.3) is 11.1 Å². The minimum Gasteiger partial charge on any atom is -0.369 e. The number of hydrogen-bond acceptors (Lipinski definition) is 2. The maximum absolute atomic E-state index is 13.8. The van der Waals surface area contributed by atoms with Gasteiger partial charge in [-0.25, -0.2) is 8.78 Å². The fourth-order valence-corrected chi connectivity index (χ4v) is 2.49. The number of nitrogens with one attached hydrogen (secondary N) is 1. The van der Waals surface area contributed by atoms with Crippen molar-refractivity contribution in [3.63, 3.8) is 0 Å². The number of anilines is 1. The molecule has 0 amide bonds. The zero-order chi connectivity index (χ0) is 13.9. The van der Waals surface area contributed by atoms with Crippen LogP contribution in [0.1, 0.15) is 0 Å². The number of rotatable bonds is 2. The lowest BCUT2D eigenvalue weighted by Gasteiger charge is -2.29. The highest BCUT2D eigenvalue weighted by atomic mass is 19.1. The maximum Gasteiger partial charge on any atom is 0.125 e. The van der Waals surface area contributed by atoms with Gasteiger partial charge in [-0.3, -0.25) is 0 Å². The monoisotopic (exact) mass is 274 g/mol. The molecule has 3 rings (SSSR count). The molecule has 2 aromatic carbocycles. The van der Waals surface area contributed by atoms with Crippen LogP contribution in [0.2, 0.25) is 0 Å². The number of halogens is 2. The van der Waals surface area contributed by atoms with Crippen molar-refractivity contribution in [2.75, 3.05) is 31.1 Å². The predicted octanol–water partition coefficient (Wildman–Crippen LogP) is 3.04. The van der Waals surface area contributed by atoms with Crippen LogP contribution in [0.3, 0.4) is 0 Å². The van der Waals surface area contributed by atoms with Gasteiger partial charge in [0.25, 0.3) is 0 Å². The second kappa shape index (κ2) is 5.59. The van der Waals surface area contributed by atoms with E-state index in [9.17, 15) is 8.78 Å². The maximum atomic E-state index is 13.8. The van der Waals surface area contributed by atoms with Gasteiger partial charge in [-0.15, -0.1) is 0 Å². The highest BCUT2D eigenvalue weighted by Gasteiger charge is 2.12. The second-order valence-electron chi connectivity index (χ2n) is 4.94. The van der Waals surface area contributed by atoms with Gasteiger partial charge in [-0.2, -0.15) is 0 Å². The minimum atomic E-state index is -0.285. The van der Waals surface area contributed by atoms with Gasteiger partial charge in [0.2, 0.25) is 0 Å². The summed E-state index contributed by atoms with van der Waals surface area (Å²) in [6, 6.07) is 11.1. The van der Waals surface area contributed by atoms with Crippen molar-refractivity contribution in [3.05, 3.63) is 54.1 Å². The van der Waals surface area contributed by atoms with Crippen molar-refractivity contribution < 1.29 is 8.78 Å². The van der Waals surface area contributed by atoms with Gasteiger partial charge in [0.1, 0.15) is 11.6 Å². The average molecular weight is 274 g/mol. The first-order valence-corrected chi connectivity index (χ1v) is 6.74. The molecule has 1 saturated heterocycles. The third-order valence-electron chi connectivity index (χ3n) is 3.54. The van der Waals surface area contributed by atoms with E-state index in [1.165, 1.54) is 18.2 Å². The van der Waals surface area contributed by atoms with Crippen LogP contribution in [0.4, 0.5) is 14.5 Å². The summed E-state index contributed by atoms with van der Waals surface area (Å²) in [5.41, 5.74) is 2.48. The Hall–Kier alpha value is -1.94.